The summed E-state index contributed by atoms with van der Waals surface area (Å²) in [5.41, 5.74) is -0.970. The van der Waals surface area contributed by atoms with Gasteiger partial charge in [0.2, 0.25) is 0 Å². The van der Waals surface area contributed by atoms with Gasteiger partial charge in [-0.25, -0.2) is 4.79 Å². The first kappa shape index (κ1) is 25.4. The maximum Gasteiger partial charge on any atom is 0.335 e. The average molecular weight is 459 g/mol. The number of ketones is 2. The molecule has 0 heterocycles. The molecule has 0 amide bonds. The molecule has 0 aromatic heterocycles. The van der Waals surface area contributed by atoms with Gasteiger partial charge in [-0.3, -0.25) is 9.59 Å². The van der Waals surface area contributed by atoms with E-state index in [4.69, 9.17) is 5.11 Å². The molecule has 6 nitrogen and oxygen atoms in total. The molecule has 3 rings (SSSR count). The molecule has 6 heteroatoms. The summed E-state index contributed by atoms with van der Waals surface area (Å²) in [5, 5.41) is 30.1. The second-order valence-corrected chi connectivity index (χ2v) is 10.8. The molecule has 0 aromatic rings. The van der Waals surface area contributed by atoms with Gasteiger partial charge in [0.25, 0.3) is 0 Å². The molecular weight excluding hydrogens is 420 g/mol. The summed E-state index contributed by atoms with van der Waals surface area (Å²) >= 11 is 0. The normalized spacial score (nSPS) is 36.5. The van der Waals surface area contributed by atoms with E-state index in [9.17, 15) is 24.6 Å². The van der Waals surface area contributed by atoms with Crippen molar-refractivity contribution < 1.29 is 29.7 Å². The lowest BCUT2D eigenvalue weighted by Gasteiger charge is -2.47. The number of fused-ring (bicyclic) bond motifs is 1. The van der Waals surface area contributed by atoms with Crippen molar-refractivity contribution in [3.63, 3.8) is 0 Å². The second-order valence-electron chi connectivity index (χ2n) is 10.8. The van der Waals surface area contributed by atoms with E-state index < -0.39 is 23.4 Å². The number of carboxylic acid groups (broad SMARTS) is 1. The zero-order chi connectivity index (χ0) is 24.7. The Balaban J connectivity index is 1.94. The van der Waals surface area contributed by atoms with Gasteiger partial charge in [-0.05, 0) is 70.1 Å². The summed E-state index contributed by atoms with van der Waals surface area (Å²) in [6.07, 6.45) is 8.40. The molecule has 0 saturated heterocycles. The predicted octanol–water partition coefficient (Wildman–Crippen LogP) is 4.64. The lowest BCUT2D eigenvalue weighted by atomic mass is 9.56. The Kier molecular flexibility index (Phi) is 7.37. The van der Waals surface area contributed by atoms with E-state index in [1.54, 1.807) is 0 Å². The lowest BCUT2D eigenvalue weighted by Crippen LogP contribution is -2.45. The molecule has 3 aliphatic rings. The van der Waals surface area contributed by atoms with Crippen LogP contribution in [0.4, 0.5) is 0 Å². The van der Waals surface area contributed by atoms with E-state index in [1.165, 1.54) is 6.92 Å². The van der Waals surface area contributed by atoms with Crippen molar-refractivity contribution in [2.45, 2.75) is 72.3 Å². The average Bonchev–Trinajstić information content (AvgIpc) is 3.03. The fraction of sp³-hybridized carbons (Fsp3) is 0.667. The van der Waals surface area contributed by atoms with E-state index in [0.717, 1.165) is 18.4 Å². The van der Waals surface area contributed by atoms with E-state index in [-0.39, 0.29) is 59.9 Å². The van der Waals surface area contributed by atoms with Crippen LogP contribution in [0.5, 0.6) is 0 Å². The number of aliphatic carboxylic acids is 1. The number of carbonyl (C=O) groups excluding carboxylic acids is 2. The number of hydrogen-bond donors (Lipinski definition) is 3. The maximum absolute atomic E-state index is 13.9. The molecule has 0 aromatic carbocycles. The van der Waals surface area contributed by atoms with Crippen molar-refractivity contribution in [2.24, 2.45) is 41.4 Å². The lowest BCUT2D eigenvalue weighted by molar-refractivity contribution is -0.157. The molecule has 33 heavy (non-hydrogen) atoms. The van der Waals surface area contributed by atoms with Crippen molar-refractivity contribution in [1.29, 1.82) is 0 Å². The Labute approximate surface area is 196 Å². The monoisotopic (exact) mass is 458 g/mol. The van der Waals surface area contributed by atoms with Gasteiger partial charge in [-0.2, -0.15) is 0 Å². The summed E-state index contributed by atoms with van der Waals surface area (Å²) in [7, 11) is 0. The quantitative estimate of drug-likeness (QED) is 0.378. The van der Waals surface area contributed by atoms with E-state index >= 15 is 0 Å². The third-order valence-electron chi connectivity index (χ3n) is 8.29. The highest BCUT2D eigenvalue weighted by Gasteiger charge is 2.49. The fourth-order valence-electron chi connectivity index (χ4n) is 6.35. The van der Waals surface area contributed by atoms with Crippen molar-refractivity contribution in [3.8, 4) is 0 Å². The molecule has 3 N–H and O–H groups in total. The Morgan fingerprint density at radius 2 is 1.88 bits per heavy atom. The minimum absolute atomic E-state index is 0.0287. The molecule has 0 spiro atoms. The SMILES string of the molecule is C/C=C(\C)[C@@H]1C=C[C@@H]2C[C@H](C)C[C@H](C)[C@H]2[C@@H]1C(=O)C1=C(O)[C@@H](CC[C@@](C)(O)C(=O)O)CC1=O. The van der Waals surface area contributed by atoms with Crippen molar-refractivity contribution in [2.75, 3.05) is 0 Å². The van der Waals surface area contributed by atoms with E-state index in [1.807, 2.05) is 19.9 Å². The molecule has 0 bridgehead atoms. The van der Waals surface area contributed by atoms with Gasteiger partial charge in [0.1, 0.15) is 5.76 Å². The largest absolute Gasteiger partial charge is 0.511 e. The predicted molar refractivity (Wildman–Crippen MR) is 125 cm³/mol. The Bertz CT molecular complexity index is 908. The number of carboxylic acids is 1. The first-order valence-corrected chi connectivity index (χ1v) is 12.2. The minimum Gasteiger partial charge on any atom is -0.511 e. The third-order valence-corrected chi connectivity index (χ3v) is 8.29. The molecule has 182 valence electrons. The topological polar surface area (TPSA) is 112 Å². The van der Waals surface area contributed by atoms with E-state index in [2.05, 4.69) is 26.0 Å². The van der Waals surface area contributed by atoms with Crippen LogP contribution >= 0.6 is 0 Å². The molecule has 0 unspecified atom stereocenters. The van der Waals surface area contributed by atoms with Gasteiger partial charge in [0, 0.05) is 24.2 Å². The van der Waals surface area contributed by atoms with Gasteiger partial charge in [0.15, 0.2) is 17.2 Å². The summed E-state index contributed by atoms with van der Waals surface area (Å²) in [5.74, 6) is -2.10. The van der Waals surface area contributed by atoms with Crippen LogP contribution in [0.25, 0.3) is 0 Å². The Morgan fingerprint density at radius 3 is 2.48 bits per heavy atom. The summed E-state index contributed by atoms with van der Waals surface area (Å²) in [6, 6.07) is 0. The van der Waals surface area contributed by atoms with Gasteiger partial charge in [-0.1, -0.05) is 37.6 Å². The molecule has 1 saturated carbocycles. The second kappa shape index (κ2) is 9.57. The number of allylic oxidation sites excluding steroid dienone is 6. The first-order chi connectivity index (χ1) is 15.4. The first-order valence-electron chi connectivity index (χ1n) is 12.2. The zero-order valence-electron chi connectivity index (χ0n) is 20.4. The molecule has 3 aliphatic carbocycles. The smallest absolute Gasteiger partial charge is 0.335 e. The van der Waals surface area contributed by atoms with E-state index in [0.29, 0.717) is 11.8 Å². The van der Waals surface area contributed by atoms with Crippen LogP contribution < -0.4 is 0 Å². The highest BCUT2D eigenvalue weighted by atomic mass is 16.4. The van der Waals surface area contributed by atoms with Crippen LogP contribution in [0, 0.1) is 41.4 Å². The molecular formula is C27H38O6. The molecule has 1 fully saturated rings. The number of Topliss-reactive ketones (excluding diaryl/α,β-unsaturated/α-hetero) is 2. The standard InChI is InChI=1S/C27H38O6/c1-6-15(3)19-8-7-17-12-14(2)11-16(4)21(17)22(19)25(30)23-20(28)13-18(24(23)29)9-10-27(5,33)26(31)32/h6-8,14,16-19,21-22,29,33H,9-13H2,1-5H3,(H,31,32)/b15-6+/t14-,16+,17-,18+,19+,21-,22-,27-/m1/s1. The summed E-state index contributed by atoms with van der Waals surface area (Å²) in [4.78, 5) is 38.1. The van der Waals surface area contributed by atoms with Crippen molar-refractivity contribution in [3.05, 3.63) is 35.1 Å². The summed E-state index contributed by atoms with van der Waals surface area (Å²) in [6.45, 7) is 9.59. The van der Waals surface area contributed by atoms with Gasteiger partial charge >= 0.3 is 5.97 Å². The number of aliphatic hydroxyl groups excluding tert-OH is 1. The van der Waals surface area contributed by atoms with Gasteiger partial charge in [-0.15, -0.1) is 0 Å². The molecule has 0 radical (unpaired) electrons. The third kappa shape index (κ3) is 4.86. The van der Waals surface area contributed by atoms with Crippen molar-refractivity contribution >= 4 is 17.5 Å². The van der Waals surface area contributed by atoms with Crippen molar-refractivity contribution in [1.82, 2.24) is 0 Å². The Morgan fingerprint density at radius 1 is 1.21 bits per heavy atom. The van der Waals surface area contributed by atoms with Crippen LogP contribution in [0.3, 0.4) is 0 Å². The number of carbonyl (C=O) groups is 3. The molecule has 8 atom stereocenters. The maximum atomic E-state index is 13.9. The summed E-state index contributed by atoms with van der Waals surface area (Å²) < 4.78 is 0. The number of hydrogen-bond acceptors (Lipinski definition) is 5. The Hall–Kier alpha value is -2.21. The van der Waals surface area contributed by atoms with Crippen LogP contribution in [-0.2, 0) is 14.4 Å². The minimum atomic E-state index is -1.94. The van der Waals surface area contributed by atoms with Crippen LogP contribution in [0.1, 0.15) is 66.7 Å². The number of rotatable bonds is 7. The number of aliphatic hydroxyl groups is 2. The molecule has 0 aliphatic heterocycles. The zero-order valence-corrected chi connectivity index (χ0v) is 20.4. The van der Waals surface area contributed by atoms with Crippen LogP contribution in [0.2, 0.25) is 0 Å². The van der Waals surface area contributed by atoms with Crippen LogP contribution in [0.15, 0.2) is 35.1 Å². The van der Waals surface area contributed by atoms with Gasteiger partial charge < -0.3 is 15.3 Å². The highest BCUT2D eigenvalue weighted by molar-refractivity contribution is 6.23. The van der Waals surface area contributed by atoms with Crippen LogP contribution in [-0.4, -0.2) is 38.5 Å². The fourth-order valence-corrected chi connectivity index (χ4v) is 6.35. The highest BCUT2D eigenvalue weighted by Crippen LogP contribution is 2.51. The van der Waals surface area contributed by atoms with Gasteiger partial charge in [0.05, 0.1) is 5.57 Å².